The lowest BCUT2D eigenvalue weighted by molar-refractivity contribution is -0.216. The molecule has 0 unspecified atom stereocenters. The zero-order valence-electron chi connectivity index (χ0n) is 10.7. The lowest BCUT2D eigenvalue weighted by Crippen LogP contribution is -2.64. The standard InChI is InChI=1S/C14H20O3/c1-7-6-10-14(3)8(2)4-5-9(13(16)17-10)11(14)12(7)15/h7-11H,4-6H2,1-3H3/t7-,8+,9-,10-,11+,14-/m1/s1. The maximum absolute atomic E-state index is 12.4. The molecule has 3 nitrogen and oxygen atoms in total. The van der Waals surface area contributed by atoms with E-state index in [1.54, 1.807) is 0 Å². The van der Waals surface area contributed by atoms with Gasteiger partial charge in [0.25, 0.3) is 0 Å². The van der Waals surface area contributed by atoms with Gasteiger partial charge in [-0.1, -0.05) is 20.8 Å². The summed E-state index contributed by atoms with van der Waals surface area (Å²) in [7, 11) is 0. The van der Waals surface area contributed by atoms with Crippen LogP contribution in [0.2, 0.25) is 0 Å². The fraction of sp³-hybridized carbons (Fsp3) is 0.857. The van der Waals surface area contributed by atoms with E-state index in [0.29, 0.717) is 18.1 Å². The summed E-state index contributed by atoms with van der Waals surface area (Å²) in [5.41, 5.74) is -0.111. The third kappa shape index (κ3) is 1.23. The predicted octanol–water partition coefficient (Wildman–Crippen LogP) is 2.19. The molecule has 94 valence electrons. The van der Waals surface area contributed by atoms with Gasteiger partial charge in [0.05, 0.1) is 5.92 Å². The SMILES string of the molecule is C[C@@H]1C[C@H]2OC(=O)[C@@H]3CC[C@H](C)[C@@]2(C)[C@@H]3C1=O. The second-order valence-corrected chi connectivity index (χ2v) is 6.39. The van der Waals surface area contributed by atoms with E-state index < -0.39 is 0 Å². The highest BCUT2D eigenvalue weighted by atomic mass is 16.5. The first kappa shape index (κ1) is 11.2. The van der Waals surface area contributed by atoms with E-state index >= 15 is 0 Å². The van der Waals surface area contributed by atoms with Gasteiger partial charge in [0, 0.05) is 17.3 Å². The Kier molecular flexibility index (Phi) is 2.20. The second kappa shape index (κ2) is 3.33. The van der Waals surface area contributed by atoms with Gasteiger partial charge in [0.2, 0.25) is 0 Å². The molecule has 17 heavy (non-hydrogen) atoms. The van der Waals surface area contributed by atoms with Gasteiger partial charge in [-0.25, -0.2) is 0 Å². The molecule has 1 aliphatic heterocycles. The van der Waals surface area contributed by atoms with Crippen LogP contribution in [-0.4, -0.2) is 17.9 Å². The summed E-state index contributed by atoms with van der Waals surface area (Å²) in [6.45, 7) is 6.35. The van der Waals surface area contributed by atoms with Crippen LogP contribution in [0.15, 0.2) is 0 Å². The molecule has 1 heterocycles. The van der Waals surface area contributed by atoms with E-state index in [1.165, 1.54) is 0 Å². The van der Waals surface area contributed by atoms with Crippen molar-refractivity contribution >= 4 is 11.8 Å². The molecule has 6 atom stereocenters. The molecule has 3 fully saturated rings. The smallest absolute Gasteiger partial charge is 0.309 e. The Morgan fingerprint density at radius 1 is 1.24 bits per heavy atom. The van der Waals surface area contributed by atoms with Crippen molar-refractivity contribution in [2.75, 3.05) is 0 Å². The summed E-state index contributed by atoms with van der Waals surface area (Å²) in [5.74, 6) is 0.461. The second-order valence-electron chi connectivity index (χ2n) is 6.39. The van der Waals surface area contributed by atoms with E-state index in [4.69, 9.17) is 4.74 Å². The number of ether oxygens (including phenoxy) is 1. The van der Waals surface area contributed by atoms with Crippen molar-refractivity contribution in [2.24, 2.45) is 29.1 Å². The van der Waals surface area contributed by atoms with Gasteiger partial charge in [0.1, 0.15) is 11.9 Å². The van der Waals surface area contributed by atoms with Gasteiger partial charge in [0.15, 0.2) is 0 Å². The van der Waals surface area contributed by atoms with Gasteiger partial charge >= 0.3 is 5.97 Å². The van der Waals surface area contributed by atoms with Crippen LogP contribution in [0.1, 0.15) is 40.0 Å². The first-order chi connectivity index (χ1) is 7.96. The number of rotatable bonds is 0. The zero-order valence-corrected chi connectivity index (χ0v) is 10.7. The van der Waals surface area contributed by atoms with Crippen molar-refractivity contribution in [2.45, 2.75) is 46.1 Å². The van der Waals surface area contributed by atoms with Gasteiger partial charge in [-0.05, 0) is 25.2 Å². The number of hydrogen-bond acceptors (Lipinski definition) is 3. The molecule has 0 amide bonds. The van der Waals surface area contributed by atoms with E-state index in [9.17, 15) is 9.59 Å². The average molecular weight is 236 g/mol. The van der Waals surface area contributed by atoms with Crippen LogP contribution in [0.25, 0.3) is 0 Å². The number of carbonyl (C=O) groups is 2. The summed E-state index contributed by atoms with van der Waals surface area (Å²) < 4.78 is 5.63. The molecule has 3 heteroatoms. The quantitative estimate of drug-likeness (QED) is 0.605. The third-order valence-electron chi connectivity index (χ3n) is 5.66. The van der Waals surface area contributed by atoms with E-state index in [-0.39, 0.29) is 35.2 Å². The molecule has 2 saturated carbocycles. The maximum Gasteiger partial charge on any atom is 0.309 e. The monoisotopic (exact) mass is 236 g/mol. The molecule has 2 aliphatic carbocycles. The highest BCUT2D eigenvalue weighted by Gasteiger charge is 2.64. The molecular weight excluding hydrogens is 216 g/mol. The molecular formula is C14H20O3. The Morgan fingerprint density at radius 2 is 1.94 bits per heavy atom. The minimum Gasteiger partial charge on any atom is -0.461 e. The van der Waals surface area contributed by atoms with Crippen LogP contribution < -0.4 is 0 Å². The molecule has 0 aromatic heterocycles. The highest BCUT2D eigenvalue weighted by Crippen LogP contribution is 2.59. The maximum atomic E-state index is 12.4. The number of hydrogen-bond donors (Lipinski definition) is 0. The Balaban J connectivity index is 2.10. The van der Waals surface area contributed by atoms with Gasteiger partial charge in [-0.2, -0.15) is 0 Å². The molecule has 1 saturated heterocycles. The van der Waals surface area contributed by atoms with Gasteiger partial charge in [-0.15, -0.1) is 0 Å². The topological polar surface area (TPSA) is 43.4 Å². The highest BCUT2D eigenvalue weighted by molar-refractivity contribution is 5.91. The first-order valence-electron chi connectivity index (χ1n) is 6.70. The van der Waals surface area contributed by atoms with E-state index in [1.807, 2.05) is 6.92 Å². The van der Waals surface area contributed by atoms with Gasteiger partial charge < -0.3 is 4.74 Å². The molecule has 0 radical (unpaired) electrons. The van der Waals surface area contributed by atoms with Crippen LogP contribution >= 0.6 is 0 Å². The summed E-state index contributed by atoms with van der Waals surface area (Å²) in [4.78, 5) is 24.4. The minimum atomic E-state index is -0.164. The summed E-state index contributed by atoms with van der Waals surface area (Å²) in [6.07, 6.45) is 2.55. The Labute approximate surface area is 102 Å². The number of carbonyl (C=O) groups excluding carboxylic acids is 2. The van der Waals surface area contributed by atoms with Crippen molar-refractivity contribution in [3.8, 4) is 0 Å². The fourth-order valence-corrected chi connectivity index (χ4v) is 4.32. The third-order valence-corrected chi connectivity index (χ3v) is 5.66. The Morgan fingerprint density at radius 3 is 2.65 bits per heavy atom. The normalized spacial score (nSPS) is 53.2. The number of Topliss-reactive ketones (excluding diaryl/α,β-unsaturated/α-hetero) is 1. The first-order valence-corrected chi connectivity index (χ1v) is 6.70. The molecule has 0 spiro atoms. The summed E-state index contributed by atoms with van der Waals surface area (Å²) in [5, 5.41) is 0. The lowest BCUT2D eigenvalue weighted by atomic mass is 9.48. The van der Waals surface area contributed by atoms with E-state index in [2.05, 4.69) is 13.8 Å². The van der Waals surface area contributed by atoms with Crippen LogP contribution in [0.4, 0.5) is 0 Å². The Bertz CT molecular complexity index is 389. The summed E-state index contributed by atoms with van der Waals surface area (Å²) >= 11 is 0. The molecule has 0 aromatic rings. The largest absolute Gasteiger partial charge is 0.461 e. The zero-order chi connectivity index (χ0) is 12.4. The van der Waals surface area contributed by atoms with Crippen molar-refractivity contribution in [3.63, 3.8) is 0 Å². The van der Waals surface area contributed by atoms with Crippen molar-refractivity contribution in [1.82, 2.24) is 0 Å². The molecule has 0 aromatic carbocycles. The van der Waals surface area contributed by atoms with Crippen molar-refractivity contribution < 1.29 is 14.3 Å². The molecule has 3 rings (SSSR count). The van der Waals surface area contributed by atoms with E-state index in [0.717, 1.165) is 12.8 Å². The van der Waals surface area contributed by atoms with Crippen molar-refractivity contribution in [1.29, 1.82) is 0 Å². The van der Waals surface area contributed by atoms with Gasteiger partial charge in [-0.3, -0.25) is 9.59 Å². The fourth-order valence-electron chi connectivity index (χ4n) is 4.32. The summed E-state index contributed by atoms with van der Waals surface area (Å²) in [6, 6.07) is 0. The predicted molar refractivity (Wildman–Crippen MR) is 62.2 cm³/mol. The minimum absolute atomic E-state index is 0.0424. The number of esters is 1. The average Bonchev–Trinajstić information content (AvgIpc) is 2.27. The molecule has 4 bridgehead atoms. The van der Waals surface area contributed by atoms with Crippen LogP contribution in [-0.2, 0) is 14.3 Å². The van der Waals surface area contributed by atoms with Crippen LogP contribution in [0.5, 0.6) is 0 Å². The molecule has 0 N–H and O–H groups in total. The lowest BCUT2D eigenvalue weighted by Gasteiger charge is -2.59. The van der Waals surface area contributed by atoms with Crippen LogP contribution in [0.3, 0.4) is 0 Å². The van der Waals surface area contributed by atoms with Crippen molar-refractivity contribution in [3.05, 3.63) is 0 Å². The number of ketones is 1. The Hall–Kier alpha value is -0.860. The van der Waals surface area contributed by atoms with Crippen LogP contribution in [0, 0.1) is 29.1 Å². The molecule has 3 aliphatic rings.